The van der Waals surface area contributed by atoms with E-state index in [2.05, 4.69) is 25.6 Å². The summed E-state index contributed by atoms with van der Waals surface area (Å²) in [6.45, 7) is 8.52. The molecule has 3 nitrogen and oxygen atoms in total. The van der Waals surface area contributed by atoms with Crippen molar-refractivity contribution in [3.63, 3.8) is 0 Å². The SMILES string of the molecule is CCCC(C(=O)Nc1c(C)cc(OC)cc1C)[P+](C)(C)[S-]. The number of ether oxygens (including phenoxy) is 1. The third-order valence-electron chi connectivity index (χ3n) is 3.61. The molecule has 0 heterocycles. The maximum Gasteiger partial charge on any atom is 0.263 e. The Morgan fingerprint density at radius 2 is 1.86 bits per heavy atom. The van der Waals surface area contributed by atoms with Gasteiger partial charge in [-0.25, -0.2) is 0 Å². The van der Waals surface area contributed by atoms with Gasteiger partial charge in [0, 0.05) is 19.0 Å². The number of aryl methyl sites for hydroxylation is 2. The summed E-state index contributed by atoms with van der Waals surface area (Å²) in [6, 6.07) is 3.87. The number of hydrogen-bond acceptors (Lipinski definition) is 3. The Labute approximate surface area is 134 Å². The van der Waals surface area contributed by atoms with Gasteiger partial charge >= 0.3 is 0 Å². The highest BCUT2D eigenvalue weighted by atomic mass is 32.7. The first kappa shape index (κ1) is 18.3. The highest BCUT2D eigenvalue weighted by Crippen LogP contribution is 2.55. The average Bonchev–Trinajstić information content (AvgIpc) is 2.38. The summed E-state index contributed by atoms with van der Waals surface area (Å²) in [5.41, 5.74) is 2.84. The Balaban J connectivity index is 3.02. The number of rotatable bonds is 6. The lowest BCUT2D eigenvalue weighted by Gasteiger charge is -2.32. The second-order valence-electron chi connectivity index (χ2n) is 5.86. The highest BCUT2D eigenvalue weighted by molar-refractivity contribution is 8.42. The number of carbonyl (C=O) groups is 1. The Kier molecular flexibility index (Phi) is 6.55. The number of nitrogens with one attached hydrogen (secondary N) is 1. The van der Waals surface area contributed by atoms with Crippen LogP contribution in [0.3, 0.4) is 0 Å². The van der Waals surface area contributed by atoms with E-state index in [0.717, 1.165) is 35.4 Å². The van der Waals surface area contributed by atoms with Gasteiger partial charge in [-0.05, 0) is 43.5 Å². The summed E-state index contributed by atoms with van der Waals surface area (Å²) < 4.78 is 5.25. The standard InChI is InChI=1S/C16H26NO2PS/c1-7-8-14(20(5,6)21)16(18)17-15-11(2)9-13(19-4)10-12(15)3/h9-10,14H,7-8H2,1-6H3,(H,17,18). The predicted molar refractivity (Wildman–Crippen MR) is 95.9 cm³/mol. The Hall–Kier alpha value is -0.730. The molecule has 0 spiro atoms. The minimum Gasteiger partial charge on any atom is -0.556 e. The van der Waals surface area contributed by atoms with Gasteiger partial charge in [0.2, 0.25) is 0 Å². The predicted octanol–water partition coefficient (Wildman–Crippen LogP) is 4.16. The van der Waals surface area contributed by atoms with Crippen molar-refractivity contribution in [2.75, 3.05) is 25.8 Å². The number of amides is 1. The number of benzene rings is 1. The Bertz CT molecular complexity index is 488. The van der Waals surface area contributed by atoms with E-state index in [4.69, 9.17) is 17.0 Å². The first-order chi connectivity index (χ1) is 9.70. The van der Waals surface area contributed by atoms with Crippen LogP contribution < -0.4 is 10.1 Å². The van der Waals surface area contributed by atoms with Gasteiger partial charge in [-0.15, -0.1) is 6.46 Å². The molecule has 1 aromatic carbocycles. The van der Waals surface area contributed by atoms with Gasteiger partial charge in [0.25, 0.3) is 5.91 Å². The van der Waals surface area contributed by atoms with Crippen LogP contribution in [0.1, 0.15) is 30.9 Å². The first-order valence-corrected chi connectivity index (χ1v) is 11.0. The van der Waals surface area contributed by atoms with Crippen molar-refractivity contribution in [2.45, 2.75) is 39.3 Å². The summed E-state index contributed by atoms with van der Waals surface area (Å²) in [4.78, 5) is 12.6. The molecule has 118 valence electrons. The molecular weight excluding hydrogens is 301 g/mol. The van der Waals surface area contributed by atoms with Crippen LogP contribution in [0, 0.1) is 13.8 Å². The molecule has 1 amide bonds. The van der Waals surface area contributed by atoms with Crippen LogP contribution in [-0.2, 0) is 17.0 Å². The van der Waals surface area contributed by atoms with Crippen LogP contribution in [0.5, 0.6) is 5.75 Å². The molecule has 1 aromatic rings. The normalized spacial score (nSPS) is 12.9. The zero-order valence-corrected chi connectivity index (χ0v) is 15.5. The molecule has 0 saturated carbocycles. The molecule has 1 unspecified atom stereocenters. The van der Waals surface area contributed by atoms with Crippen LogP contribution in [0.15, 0.2) is 12.1 Å². The van der Waals surface area contributed by atoms with E-state index in [-0.39, 0.29) is 11.6 Å². The topological polar surface area (TPSA) is 38.3 Å². The lowest BCUT2D eigenvalue weighted by atomic mass is 10.1. The fourth-order valence-corrected chi connectivity index (χ4v) is 4.56. The zero-order valence-electron chi connectivity index (χ0n) is 13.8. The largest absolute Gasteiger partial charge is 0.556 e. The van der Waals surface area contributed by atoms with Crippen LogP contribution in [0.4, 0.5) is 5.69 Å². The molecule has 0 aliphatic rings. The van der Waals surface area contributed by atoms with Crippen molar-refractivity contribution in [1.82, 2.24) is 0 Å². The van der Waals surface area contributed by atoms with Crippen molar-refractivity contribution in [2.24, 2.45) is 0 Å². The van der Waals surface area contributed by atoms with Gasteiger partial charge < -0.3 is 22.3 Å². The molecule has 1 rings (SSSR count). The van der Waals surface area contributed by atoms with Crippen molar-refractivity contribution < 1.29 is 9.53 Å². The van der Waals surface area contributed by atoms with Crippen LogP contribution >= 0.6 is 6.46 Å². The monoisotopic (exact) mass is 327 g/mol. The molecule has 0 saturated heterocycles. The average molecular weight is 327 g/mol. The fourth-order valence-electron chi connectivity index (χ4n) is 2.44. The quantitative estimate of drug-likeness (QED) is 0.630. The molecule has 0 aliphatic carbocycles. The first-order valence-electron chi connectivity index (χ1n) is 7.21. The highest BCUT2D eigenvalue weighted by Gasteiger charge is 2.31. The van der Waals surface area contributed by atoms with Crippen LogP contribution in [0.25, 0.3) is 0 Å². The van der Waals surface area contributed by atoms with Crippen LogP contribution in [-0.4, -0.2) is 32.0 Å². The van der Waals surface area contributed by atoms with E-state index in [1.54, 1.807) is 7.11 Å². The van der Waals surface area contributed by atoms with Gasteiger partial charge in [0.15, 0.2) is 0 Å². The number of methoxy groups -OCH3 is 1. The van der Waals surface area contributed by atoms with Crippen molar-refractivity contribution in [3.05, 3.63) is 23.3 Å². The summed E-state index contributed by atoms with van der Waals surface area (Å²) in [7, 11) is 1.65. The number of anilines is 1. The summed E-state index contributed by atoms with van der Waals surface area (Å²) in [5.74, 6) is 0.866. The maximum atomic E-state index is 12.6. The lowest BCUT2D eigenvalue weighted by Crippen LogP contribution is -2.29. The molecule has 1 N–H and O–H groups in total. The van der Waals surface area contributed by atoms with E-state index in [1.165, 1.54) is 0 Å². The molecule has 0 bridgehead atoms. The van der Waals surface area contributed by atoms with Gasteiger partial charge in [0.1, 0.15) is 11.4 Å². The molecule has 0 aromatic heterocycles. The summed E-state index contributed by atoms with van der Waals surface area (Å²) >= 11 is 5.60. The molecule has 21 heavy (non-hydrogen) atoms. The molecule has 0 radical (unpaired) electrons. The minimum atomic E-state index is -1.63. The van der Waals surface area contributed by atoms with E-state index in [0.29, 0.717) is 0 Å². The van der Waals surface area contributed by atoms with E-state index in [1.807, 2.05) is 26.0 Å². The summed E-state index contributed by atoms with van der Waals surface area (Å²) in [5, 5.41) is 3.09. The van der Waals surface area contributed by atoms with E-state index < -0.39 is 6.46 Å². The van der Waals surface area contributed by atoms with Crippen molar-refractivity contribution >= 4 is 30.3 Å². The van der Waals surface area contributed by atoms with Gasteiger partial charge in [-0.1, -0.05) is 13.3 Å². The summed E-state index contributed by atoms with van der Waals surface area (Å²) in [6.07, 6.45) is 1.82. The fraction of sp³-hybridized carbons (Fsp3) is 0.562. The third-order valence-corrected chi connectivity index (χ3v) is 6.36. The van der Waals surface area contributed by atoms with Crippen molar-refractivity contribution in [1.29, 1.82) is 0 Å². The second-order valence-corrected chi connectivity index (χ2v) is 12.2. The third kappa shape index (κ3) is 4.89. The van der Waals surface area contributed by atoms with Gasteiger partial charge in [-0.3, -0.25) is 4.79 Å². The van der Waals surface area contributed by atoms with E-state index >= 15 is 0 Å². The van der Waals surface area contributed by atoms with Gasteiger partial charge in [0.05, 0.1) is 7.11 Å². The lowest BCUT2D eigenvalue weighted by molar-refractivity contribution is -0.115. The number of hydrogen-bond donors (Lipinski definition) is 1. The Morgan fingerprint density at radius 3 is 2.24 bits per heavy atom. The zero-order chi connectivity index (χ0) is 16.2. The molecule has 5 heteroatoms. The van der Waals surface area contributed by atoms with Crippen LogP contribution in [0.2, 0.25) is 0 Å². The smallest absolute Gasteiger partial charge is 0.263 e. The van der Waals surface area contributed by atoms with E-state index in [9.17, 15) is 4.79 Å². The maximum absolute atomic E-state index is 12.6. The van der Waals surface area contributed by atoms with Crippen molar-refractivity contribution in [3.8, 4) is 5.75 Å². The second kappa shape index (κ2) is 7.51. The molecule has 0 fully saturated rings. The van der Waals surface area contributed by atoms with Gasteiger partial charge in [-0.2, -0.15) is 0 Å². The minimum absolute atomic E-state index is 0.0570. The number of carbonyl (C=O) groups excluding carboxylic acids is 1. The molecule has 1 atom stereocenters. The molecular formula is C16H26NO2PS. The molecule has 0 aliphatic heterocycles. The Morgan fingerprint density at radius 1 is 1.33 bits per heavy atom.